The van der Waals surface area contributed by atoms with Crippen LogP contribution in [-0.4, -0.2) is 43.0 Å². The molecular weight excluding hydrogens is 244 g/mol. The average Bonchev–Trinajstić information content (AvgIpc) is 2.15. The van der Waals surface area contributed by atoms with Crippen molar-refractivity contribution in [3.63, 3.8) is 0 Å². The lowest BCUT2D eigenvalue weighted by atomic mass is 10.2. The van der Waals surface area contributed by atoms with E-state index in [9.17, 15) is 13.2 Å². The number of sulfone groups is 1. The Balaban J connectivity index is 2.82. The molecule has 6 nitrogen and oxygen atoms in total. The second-order valence-electron chi connectivity index (χ2n) is 3.71. The van der Waals surface area contributed by atoms with Gasteiger partial charge < -0.3 is 10.4 Å². The summed E-state index contributed by atoms with van der Waals surface area (Å²) in [7, 11) is -3.08. The first-order chi connectivity index (χ1) is 7.79. The fourth-order valence-corrected chi connectivity index (χ4v) is 1.69. The largest absolute Gasteiger partial charge is 0.478 e. The molecule has 1 rings (SSSR count). The van der Waals surface area contributed by atoms with Crippen LogP contribution >= 0.6 is 0 Å². The molecule has 0 aromatic carbocycles. The lowest BCUT2D eigenvalue weighted by Crippen LogP contribution is -2.17. The maximum atomic E-state index is 10.9. The summed E-state index contributed by atoms with van der Waals surface area (Å²) in [6.45, 7) is 1.86. The van der Waals surface area contributed by atoms with Crippen LogP contribution in [0.1, 0.15) is 16.1 Å². The summed E-state index contributed by atoms with van der Waals surface area (Å²) in [4.78, 5) is 14.9. The van der Waals surface area contributed by atoms with Gasteiger partial charge in [0.05, 0.1) is 5.75 Å². The Morgan fingerprint density at radius 3 is 2.65 bits per heavy atom. The number of carboxylic acids is 1. The summed E-state index contributed by atoms with van der Waals surface area (Å²) in [5.74, 6) is -0.970. The number of carboxylic acid groups (broad SMARTS) is 1. The zero-order chi connectivity index (χ0) is 13.1. The average molecular weight is 258 g/mol. The molecule has 7 heteroatoms. The Morgan fingerprint density at radius 1 is 1.47 bits per heavy atom. The molecule has 0 aliphatic carbocycles. The second kappa shape index (κ2) is 5.13. The molecule has 0 radical (unpaired) electrons. The fraction of sp³-hybridized carbons (Fsp3) is 0.400. The number of nitrogens with zero attached hydrogens (tertiary/aromatic N) is 1. The van der Waals surface area contributed by atoms with E-state index in [0.29, 0.717) is 5.69 Å². The standard InChI is InChI=1S/C10H14N2O4S/c1-7-3-4-8(10(13)14)9(12-7)11-5-6-17(2,15)16/h3-4H,5-6H2,1-2H3,(H,11,12)(H,13,14). The van der Waals surface area contributed by atoms with Crippen LogP contribution in [0.15, 0.2) is 12.1 Å². The van der Waals surface area contributed by atoms with Crippen LogP contribution in [0.5, 0.6) is 0 Å². The topological polar surface area (TPSA) is 96.4 Å². The van der Waals surface area contributed by atoms with Crippen LogP contribution in [0.25, 0.3) is 0 Å². The third-order valence-electron chi connectivity index (χ3n) is 2.03. The molecule has 0 fully saturated rings. The van der Waals surface area contributed by atoms with Crippen molar-refractivity contribution in [1.82, 2.24) is 4.98 Å². The van der Waals surface area contributed by atoms with E-state index in [1.54, 1.807) is 13.0 Å². The van der Waals surface area contributed by atoms with Gasteiger partial charge in [0.25, 0.3) is 0 Å². The molecule has 1 aromatic heterocycles. The van der Waals surface area contributed by atoms with Gasteiger partial charge in [-0.15, -0.1) is 0 Å². The molecule has 0 spiro atoms. The number of anilines is 1. The van der Waals surface area contributed by atoms with Gasteiger partial charge in [-0.2, -0.15) is 0 Å². The third-order valence-corrected chi connectivity index (χ3v) is 2.98. The highest BCUT2D eigenvalue weighted by molar-refractivity contribution is 7.90. The van der Waals surface area contributed by atoms with E-state index < -0.39 is 15.8 Å². The van der Waals surface area contributed by atoms with Crippen molar-refractivity contribution in [3.05, 3.63) is 23.4 Å². The lowest BCUT2D eigenvalue weighted by Gasteiger charge is -2.08. The molecule has 0 atom stereocenters. The zero-order valence-electron chi connectivity index (χ0n) is 9.60. The summed E-state index contributed by atoms with van der Waals surface area (Å²) < 4.78 is 21.9. The van der Waals surface area contributed by atoms with Crippen molar-refractivity contribution in [2.24, 2.45) is 0 Å². The van der Waals surface area contributed by atoms with Crippen molar-refractivity contribution < 1.29 is 18.3 Å². The first-order valence-corrected chi connectivity index (χ1v) is 6.98. The summed E-state index contributed by atoms with van der Waals surface area (Å²) in [5, 5.41) is 11.6. The highest BCUT2D eigenvalue weighted by Gasteiger charge is 2.11. The number of aromatic carboxylic acids is 1. The van der Waals surface area contributed by atoms with Gasteiger partial charge in [0.15, 0.2) is 0 Å². The molecule has 2 N–H and O–H groups in total. The molecular formula is C10H14N2O4S. The summed E-state index contributed by atoms with van der Waals surface area (Å²) in [5.41, 5.74) is 0.695. The van der Waals surface area contributed by atoms with Crippen molar-refractivity contribution in [3.8, 4) is 0 Å². The van der Waals surface area contributed by atoms with Gasteiger partial charge >= 0.3 is 5.97 Å². The number of aromatic nitrogens is 1. The summed E-state index contributed by atoms with van der Waals surface area (Å²) in [6, 6.07) is 3.03. The van der Waals surface area contributed by atoms with Crippen molar-refractivity contribution >= 4 is 21.6 Å². The second-order valence-corrected chi connectivity index (χ2v) is 5.97. The molecule has 0 aliphatic heterocycles. The Hall–Kier alpha value is -1.63. The number of aryl methyl sites for hydroxylation is 1. The first-order valence-electron chi connectivity index (χ1n) is 4.92. The first kappa shape index (κ1) is 13.4. The van der Waals surface area contributed by atoms with Crippen LogP contribution in [-0.2, 0) is 9.84 Å². The molecule has 0 saturated carbocycles. The van der Waals surface area contributed by atoms with E-state index in [1.165, 1.54) is 6.07 Å². The van der Waals surface area contributed by atoms with Gasteiger partial charge in [-0.3, -0.25) is 0 Å². The minimum Gasteiger partial charge on any atom is -0.478 e. The number of pyridine rings is 1. The smallest absolute Gasteiger partial charge is 0.339 e. The third kappa shape index (κ3) is 4.39. The number of carbonyl (C=O) groups is 1. The van der Waals surface area contributed by atoms with E-state index in [2.05, 4.69) is 10.3 Å². The van der Waals surface area contributed by atoms with Crippen molar-refractivity contribution in [2.75, 3.05) is 23.9 Å². The van der Waals surface area contributed by atoms with E-state index in [1.807, 2.05) is 0 Å². The van der Waals surface area contributed by atoms with Crippen molar-refractivity contribution in [2.45, 2.75) is 6.92 Å². The van der Waals surface area contributed by atoms with Crippen LogP contribution in [0.4, 0.5) is 5.82 Å². The van der Waals surface area contributed by atoms with Gasteiger partial charge in [0, 0.05) is 18.5 Å². The van der Waals surface area contributed by atoms with Gasteiger partial charge in [-0.05, 0) is 19.1 Å². The maximum absolute atomic E-state index is 10.9. The molecule has 1 heterocycles. The van der Waals surface area contributed by atoms with Crippen LogP contribution in [0.3, 0.4) is 0 Å². The van der Waals surface area contributed by atoms with Crippen LogP contribution < -0.4 is 5.32 Å². The Morgan fingerprint density at radius 2 is 2.12 bits per heavy atom. The monoisotopic (exact) mass is 258 g/mol. The van der Waals surface area contributed by atoms with Gasteiger partial charge in [0.1, 0.15) is 21.2 Å². The molecule has 0 amide bonds. The van der Waals surface area contributed by atoms with Crippen LogP contribution in [0.2, 0.25) is 0 Å². The van der Waals surface area contributed by atoms with E-state index in [0.717, 1.165) is 6.26 Å². The van der Waals surface area contributed by atoms with Gasteiger partial charge in [-0.25, -0.2) is 18.2 Å². The molecule has 0 unspecified atom stereocenters. The van der Waals surface area contributed by atoms with Gasteiger partial charge in [0.2, 0.25) is 0 Å². The number of rotatable bonds is 5. The van der Waals surface area contributed by atoms with Gasteiger partial charge in [-0.1, -0.05) is 0 Å². The Bertz CT molecular complexity index is 525. The molecule has 94 valence electrons. The van der Waals surface area contributed by atoms with E-state index in [4.69, 9.17) is 5.11 Å². The maximum Gasteiger partial charge on any atom is 0.339 e. The Labute approximate surface area is 99.6 Å². The van der Waals surface area contributed by atoms with E-state index in [-0.39, 0.29) is 23.7 Å². The Kier molecular flexibility index (Phi) is 4.06. The lowest BCUT2D eigenvalue weighted by molar-refractivity contribution is 0.0697. The highest BCUT2D eigenvalue weighted by Crippen LogP contribution is 2.13. The summed E-state index contributed by atoms with van der Waals surface area (Å²) >= 11 is 0. The number of hydrogen-bond donors (Lipinski definition) is 2. The molecule has 0 saturated heterocycles. The fourth-order valence-electron chi connectivity index (χ4n) is 1.22. The zero-order valence-corrected chi connectivity index (χ0v) is 10.4. The molecule has 17 heavy (non-hydrogen) atoms. The highest BCUT2D eigenvalue weighted by atomic mass is 32.2. The normalized spacial score (nSPS) is 11.2. The van der Waals surface area contributed by atoms with Crippen LogP contribution in [0, 0.1) is 6.92 Å². The minimum absolute atomic E-state index is 0.0316. The predicted molar refractivity (Wildman–Crippen MR) is 64.1 cm³/mol. The minimum atomic E-state index is -3.08. The quantitative estimate of drug-likeness (QED) is 0.800. The predicted octanol–water partition coefficient (Wildman–Crippen LogP) is 0.545. The molecule has 1 aromatic rings. The number of nitrogens with one attached hydrogen (secondary N) is 1. The molecule has 0 bridgehead atoms. The molecule has 0 aliphatic rings. The van der Waals surface area contributed by atoms with Crippen molar-refractivity contribution in [1.29, 1.82) is 0 Å². The SMILES string of the molecule is Cc1ccc(C(=O)O)c(NCCS(C)(=O)=O)n1. The number of hydrogen-bond acceptors (Lipinski definition) is 5. The summed E-state index contributed by atoms with van der Waals surface area (Å²) in [6.07, 6.45) is 1.12. The van der Waals surface area contributed by atoms with E-state index >= 15 is 0 Å².